The summed E-state index contributed by atoms with van der Waals surface area (Å²) < 4.78 is 5.50. The molecule has 0 aromatic heterocycles. The molecule has 0 radical (unpaired) electrons. The van der Waals surface area contributed by atoms with E-state index in [1.54, 1.807) is 18.2 Å². The van der Waals surface area contributed by atoms with Crippen LogP contribution in [0.25, 0.3) is 0 Å². The summed E-state index contributed by atoms with van der Waals surface area (Å²) in [4.78, 5) is 0. The maximum absolute atomic E-state index is 8.56. The number of oxime groups is 1. The Bertz CT molecular complexity index is 396. The van der Waals surface area contributed by atoms with Crippen molar-refractivity contribution in [2.24, 2.45) is 10.9 Å². The molecule has 0 heterocycles. The molecule has 1 aromatic rings. The fourth-order valence-corrected chi connectivity index (χ4v) is 1.48. The Kier molecular flexibility index (Phi) is 4.71. The third-order valence-corrected chi connectivity index (χ3v) is 2.80. The molecule has 0 aliphatic rings. The third kappa shape index (κ3) is 2.93. The average molecular weight is 263 g/mol. The normalized spacial score (nSPS) is 13.6. The van der Waals surface area contributed by atoms with Gasteiger partial charge in [-0.2, -0.15) is 0 Å². The second kappa shape index (κ2) is 5.82. The van der Waals surface area contributed by atoms with Gasteiger partial charge in [0.15, 0.2) is 11.9 Å². The lowest BCUT2D eigenvalue weighted by Crippen LogP contribution is -2.33. The summed E-state index contributed by atoms with van der Waals surface area (Å²) in [6.45, 7) is 1.85. The zero-order chi connectivity index (χ0) is 12.1. The fraction of sp³-hybridized carbons (Fsp3) is 0.300. The molecule has 0 aliphatic heterocycles. The van der Waals surface area contributed by atoms with E-state index in [2.05, 4.69) is 5.16 Å². The minimum Gasteiger partial charge on any atom is -0.481 e. The SMILES string of the molecule is CCC(Oc1cccc(Cl)c1Cl)C(N)=NO. The lowest BCUT2D eigenvalue weighted by Gasteiger charge is -2.17. The molecule has 0 saturated carbocycles. The molecule has 1 aromatic carbocycles. The quantitative estimate of drug-likeness (QED) is 0.380. The summed E-state index contributed by atoms with van der Waals surface area (Å²) in [7, 11) is 0. The second-order valence-electron chi connectivity index (χ2n) is 3.09. The first-order chi connectivity index (χ1) is 7.60. The fourth-order valence-electron chi connectivity index (χ4n) is 1.15. The van der Waals surface area contributed by atoms with Crippen LogP contribution in [0.5, 0.6) is 5.75 Å². The molecular weight excluding hydrogens is 251 g/mol. The number of benzene rings is 1. The molecule has 0 fully saturated rings. The van der Waals surface area contributed by atoms with Crippen LogP contribution in [0, 0.1) is 0 Å². The van der Waals surface area contributed by atoms with Crippen molar-refractivity contribution < 1.29 is 9.94 Å². The van der Waals surface area contributed by atoms with Crippen molar-refractivity contribution in [1.82, 2.24) is 0 Å². The first-order valence-corrected chi connectivity index (χ1v) is 5.43. The van der Waals surface area contributed by atoms with Gasteiger partial charge in [0.2, 0.25) is 0 Å². The van der Waals surface area contributed by atoms with Crippen molar-refractivity contribution >= 4 is 29.0 Å². The van der Waals surface area contributed by atoms with Gasteiger partial charge >= 0.3 is 0 Å². The molecule has 0 amide bonds. The molecular formula is C10H12Cl2N2O2. The number of halogens is 2. The molecule has 16 heavy (non-hydrogen) atoms. The average Bonchev–Trinajstić information content (AvgIpc) is 2.30. The van der Waals surface area contributed by atoms with Gasteiger partial charge in [0.25, 0.3) is 0 Å². The highest BCUT2D eigenvalue weighted by molar-refractivity contribution is 6.42. The van der Waals surface area contributed by atoms with Crippen LogP contribution in [0.1, 0.15) is 13.3 Å². The van der Waals surface area contributed by atoms with Gasteiger partial charge in [-0.25, -0.2) is 0 Å². The van der Waals surface area contributed by atoms with Crippen molar-refractivity contribution in [3.63, 3.8) is 0 Å². The predicted molar refractivity (Wildman–Crippen MR) is 64.6 cm³/mol. The van der Waals surface area contributed by atoms with Crippen LogP contribution < -0.4 is 10.5 Å². The molecule has 0 spiro atoms. The van der Waals surface area contributed by atoms with E-state index in [-0.39, 0.29) is 5.84 Å². The van der Waals surface area contributed by atoms with Crippen LogP contribution in [0.2, 0.25) is 10.0 Å². The van der Waals surface area contributed by atoms with Crippen molar-refractivity contribution in [3.05, 3.63) is 28.2 Å². The van der Waals surface area contributed by atoms with E-state index in [0.717, 1.165) is 0 Å². The first-order valence-electron chi connectivity index (χ1n) is 4.68. The van der Waals surface area contributed by atoms with Gasteiger partial charge in [-0.3, -0.25) is 0 Å². The van der Waals surface area contributed by atoms with Crippen LogP contribution in [0.3, 0.4) is 0 Å². The van der Waals surface area contributed by atoms with Crippen molar-refractivity contribution in [1.29, 1.82) is 0 Å². The van der Waals surface area contributed by atoms with Gasteiger partial charge in [0.05, 0.1) is 5.02 Å². The van der Waals surface area contributed by atoms with Crippen LogP contribution in [0.15, 0.2) is 23.4 Å². The Balaban J connectivity index is 2.90. The first kappa shape index (κ1) is 12.9. The van der Waals surface area contributed by atoms with Gasteiger partial charge in [0.1, 0.15) is 10.8 Å². The van der Waals surface area contributed by atoms with E-state index in [0.29, 0.717) is 22.2 Å². The molecule has 1 atom stereocenters. The van der Waals surface area contributed by atoms with E-state index < -0.39 is 6.10 Å². The van der Waals surface area contributed by atoms with E-state index in [1.165, 1.54) is 0 Å². The van der Waals surface area contributed by atoms with Gasteiger partial charge in [0, 0.05) is 0 Å². The molecule has 0 aliphatic carbocycles. The summed E-state index contributed by atoms with van der Waals surface area (Å²) in [6, 6.07) is 5.03. The number of ether oxygens (including phenoxy) is 1. The smallest absolute Gasteiger partial charge is 0.180 e. The van der Waals surface area contributed by atoms with E-state index in [1.807, 2.05) is 6.92 Å². The number of hydrogen-bond acceptors (Lipinski definition) is 3. The minimum absolute atomic E-state index is 0.00135. The van der Waals surface area contributed by atoms with Crippen LogP contribution in [-0.4, -0.2) is 17.1 Å². The topological polar surface area (TPSA) is 67.8 Å². The third-order valence-electron chi connectivity index (χ3n) is 2.00. The number of nitrogens with zero attached hydrogens (tertiary/aromatic N) is 1. The maximum atomic E-state index is 8.56. The van der Waals surface area contributed by atoms with Gasteiger partial charge in [-0.15, -0.1) is 0 Å². The predicted octanol–water partition coefficient (Wildman–Crippen LogP) is 2.90. The minimum atomic E-state index is -0.527. The van der Waals surface area contributed by atoms with E-state index in [4.69, 9.17) is 38.9 Å². The summed E-state index contributed by atoms with van der Waals surface area (Å²) in [5.41, 5.74) is 5.46. The Morgan fingerprint density at radius 3 is 2.81 bits per heavy atom. The highest BCUT2D eigenvalue weighted by atomic mass is 35.5. The van der Waals surface area contributed by atoms with Crippen molar-refractivity contribution in [2.75, 3.05) is 0 Å². The lowest BCUT2D eigenvalue weighted by atomic mass is 10.2. The Labute approximate surface area is 104 Å². The maximum Gasteiger partial charge on any atom is 0.180 e. The molecule has 0 bridgehead atoms. The van der Waals surface area contributed by atoms with Crippen molar-refractivity contribution in [3.8, 4) is 5.75 Å². The number of rotatable bonds is 4. The van der Waals surface area contributed by atoms with Crippen LogP contribution >= 0.6 is 23.2 Å². The van der Waals surface area contributed by atoms with Crippen LogP contribution in [0.4, 0.5) is 0 Å². The van der Waals surface area contributed by atoms with Gasteiger partial charge in [-0.1, -0.05) is 41.3 Å². The van der Waals surface area contributed by atoms with Gasteiger partial charge in [-0.05, 0) is 18.6 Å². The monoisotopic (exact) mass is 262 g/mol. The molecule has 0 saturated heterocycles. The standard InChI is InChI=1S/C10H12Cl2N2O2/c1-2-7(10(13)14-15)16-8-5-3-4-6(11)9(8)12/h3-5,7,15H,2H2,1H3,(H2,13,14). The highest BCUT2D eigenvalue weighted by Gasteiger charge is 2.16. The molecule has 1 rings (SSSR count). The zero-order valence-electron chi connectivity index (χ0n) is 8.65. The Hall–Kier alpha value is -1.13. The lowest BCUT2D eigenvalue weighted by molar-refractivity contribution is 0.247. The van der Waals surface area contributed by atoms with Crippen molar-refractivity contribution in [2.45, 2.75) is 19.4 Å². The Morgan fingerprint density at radius 1 is 1.56 bits per heavy atom. The zero-order valence-corrected chi connectivity index (χ0v) is 10.2. The van der Waals surface area contributed by atoms with Crippen LogP contribution in [-0.2, 0) is 0 Å². The Morgan fingerprint density at radius 2 is 2.25 bits per heavy atom. The molecule has 4 nitrogen and oxygen atoms in total. The molecule has 3 N–H and O–H groups in total. The largest absolute Gasteiger partial charge is 0.481 e. The highest BCUT2D eigenvalue weighted by Crippen LogP contribution is 2.32. The van der Waals surface area contributed by atoms with E-state index >= 15 is 0 Å². The summed E-state index contributed by atoms with van der Waals surface area (Å²) >= 11 is 11.8. The second-order valence-corrected chi connectivity index (χ2v) is 3.88. The summed E-state index contributed by atoms with van der Waals surface area (Å²) in [6.07, 6.45) is 0.0274. The number of hydrogen-bond donors (Lipinski definition) is 2. The summed E-state index contributed by atoms with van der Waals surface area (Å²) in [5.74, 6) is 0.408. The summed E-state index contributed by atoms with van der Waals surface area (Å²) in [5, 5.41) is 12.2. The van der Waals surface area contributed by atoms with Gasteiger partial charge < -0.3 is 15.7 Å². The van der Waals surface area contributed by atoms with E-state index in [9.17, 15) is 0 Å². The number of amidine groups is 1. The molecule has 88 valence electrons. The molecule has 6 heteroatoms. The molecule has 1 unspecified atom stereocenters. The number of nitrogens with two attached hydrogens (primary N) is 1.